The number of aromatic nitrogens is 1. The van der Waals surface area contributed by atoms with Crippen LogP contribution in [0.1, 0.15) is 46.8 Å². The second-order valence-corrected chi connectivity index (χ2v) is 8.48. The largest absolute Gasteiger partial charge is 0.379 e. The van der Waals surface area contributed by atoms with Crippen molar-refractivity contribution >= 4 is 17.2 Å². The van der Waals surface area contributed by atoms with Crippen LogP contribution in [0.2, 0.25) is 0 Å². The van der Waals surface area contributed by atoms with Crippen LogP contribution in [0.5, 0.6) is 0 Å². The minimum Gasteiger partial charge on any atom is -0.379 e. The Morgan fingerprint density at radius 3 is 3.00 bits per heavy atom. The van der Waals surface area contributed by atoms with E-state index in [1.54, 1.807) is 6.20 Å². The zero-order valence-corrected chi connectivity index (χ0v) is 15.4. The molecule has 3 aliphatic rings. The number of hydrogen-bond donors (Lipinski definition) is 1. The number of amides is 1. The lowest BCUT2D eigenvalue weighted by atomic mass is 10.1. The highest BCUT2D eigenvalue weighted by atomic mass is 32.1. The number of ether oxygens (including phenoxy) is 2. The lowest BCUT2D eigenvalue weighted by molar-refractivity contribution is -0.0567. The van der Waals surface area contributed by atoms with Gasteiger partial charge in [-0.3, -0.25) is 9.69 Å². The topological polar surface area (TPSA) is 63.7 Å². The van der Waals surface area contributed by atoms with Crippen molar-refractivity contribution in [3.8, 4) is 0 Å². The van der Waals surface area contributed by atoms with Gasteiger partial charge in [-0.15, -0.1) is 11.3 Å². The average Bonchev–Trinajstić information content (AvgIpc) is 3.09. The molecule has 25 heavy (non-hydrogen) atoms. The predicted molar refractivity (Wildman–Crippen MR) is 95.8 cm³/mol. The van der Waals surface area contributed by atoms with Crippen molar-refractivity contribution in [3.63, 3.8) is 0 Å². The van der Waals surface area contributed by atoms with Crippen LogP contribution in [0.4, 0.5) is 0 Å². The van der Waals surface area contributed by atoms with Gasteiger partial charge in [-0.25, -0.2) is 4.98 Å². The number of nitrogens with one attached hydrogen (secondary N) is 1. The van der Waals surface area contributed by atoms with Crippen LogP contribution in [0.15, 0.2) is 6.20 Å². The molecule has 7 heteroatoms. The Morgan fingerprint density at radius 2 is 2.20 bits per heavy atom. The Balaban J connectivity index is 1.30. The molecule has 0 radical (unpaired) electrons. The number of hydrogen-bond acceptors (Lipinski definition) is 6. The van der Waals surface area contributed by atoms with E-state index in [-0.39, 0.29) is 18.1 Å². The zero-order valence-electron chi connectivity index (χ0n) is 14.6. The molecular weight excluding hydrogens is 338 g/mol. The molecule has 0 spiro atoms. The molecule has 1 aromatic heterocycles. The van der Waals surface area contributed by atoms with E-state index in [2.05, 4.69) is 15.2 Å². The quantitative estimate of drug-likeness (QED) is 0.801. The number of nitrogens with zero attached hydrogens (tertiary/aromatic N) is 2. The van der Waals surface area contributed by atoms with Crippen LogP contribution < -0.4 is 5.32 Å². The summed E-state index contributed by atoms with van der Waals surface area (Å²) >= 11 is 1.50. The van der Waals surface area contributed by atoms with Crippen molar-refractivity contribution in [3.05, 3.63) is 16.1 Å². The third-order valence-electron chi connectivity index (χ3n) is 5.19. The lowest BCUT2D eigenvalue weighted by Gasteiger charge is -2.32. The normalized spacial score (nSPS) is 27.5. The Morgan fingerprint density at radius 1 is 1.36 bits per heavy atom. The minimum atomic E-state index is -0.0656. The second kappa shape index (κ2) is 8.12. The average molecular weight is 365 g/mol. The third kappa shape index (κ3) is 4.78. The standard InChI is InChI=1S/C18H27N3O3S/c22-18(16-9-19-17(25-16)10-21-6-1-2-7-21)20-14-12-23-8-5-15(14)24-11-13-3-4-13/h9,13-15H,1-8,10-12H2,(H,20,22)/t14-,15+/m1/s1. The summed E-state index contributed by atoms with van der Waals surface area (Å²) in [6.45, 7) is 5.19. The van der Waals surface area contributed by atoms with Crippen LogP contribution in [0.25, 0.3) is 0 Å². The van der Waals surface area contributed by atoms with Gasteiger partial charge in [0.05, 0.1) is 31.5 Å². The molecule has 2 aliphatic heterocycles. The molecule has 2 saturated heterocycles. The summed E-state index contributed by atoms with van der Waals surface area (Å²) in [5.41, 5.74) is 0. The van der Waals surface area contributed by atoms with Gasteiger partial charge in [0.1, 0.15) is 9.88 Å². The fraction of sp³-hybridized carbons (Fsp3) is 0.778. The van der Waals surface area contributed by atoms with Crippen molar-refractivity contribution in [1.82, 2.24) is 15.2 Å². The molecule has 2 atom stereocenters. The van der Waals surface area contributed by atoms with Gasteiger partial charge in [0.15, 0.2) is 0 Å². The summed E-state index contributed by atoms with van der Waals surface area (Å²) < 4.78 is 11.6. The number of carbonyl (C=O) groups excluding carboxylic acids is 1. The van der Waals surface area contributed by atoms with E-state index in [1.165, 1.54) is 37.0 Å². The summed E-state index contributed by atoms with van der Waals surface area (Å²) in [6.07, 6.45) is 7.71. The summed E-state index contributed by atoms with van der Waals surface area (Å²) in [5, 5.41) is 4.13. The van der Waals surface area contributed by atoms with Crippen LogP contribution in [0.3, 0.4) is 0 Å². The molecule has 1 amide bonds. The molecule has 6 nitrogen and oxygen atoms in total. The fourth-order valence-electron chi connectivity index (χ4n) is 3.46. The highest BCUT2D eigenvalue weighted by molar-refractivity contribution is 7.13. The van der Waals surface area contributed by atoms with Gasteiger partial charge in [0.2, 0.25) is 0 Å². The van der Waals surface area contributed by atoms with Crippen molar-refractivity contribution in [2.75, 3.05) is 32.9 Å². The molecule has 0 unspecified atom stereocenters. The van der Waals surface area contributed by atoms with E-state index < -0.39 is 0 Å². The Hall–Kier alpha value is -1.02. The molecule has 1 aliphatic carbocycles. The van der Waals surface area contributed by atoms with Crippen molar-refractivity contribution < 1.29 is 14.3 Å². The highest BCUT2D eigenvalue weighted by Crippen LogP contribution is 2.30. The van der Waals surface area contributed by atoms with E-state index in [0.29, 0.717) is 18.1 Å². The first-order valence-corrected chi connectivity index (χ1v) is 10.3. The first-order chi connectivity index (χ1) is 12.3. The molecule has 0 bridgehead atoms. The van der Waals surface area contributed by atoms with E-state index in [1.807, 2.05) is 0 Å². The minimum absolute atomic E-state index is 0.0549. The SMILES string of the molecule is O=C(N[C@@H]1COCC[C@@H]1OCC1CC1)c1cnc(CN2CCCC2)s1. The molecule has 4 rings (SSSR count). The van der Waals surface area contributed by atoms with E-state index in [9.17, 15) is 4.79 Å². The van der Waals surface area contributed by atoms with E-state index in [4.69, 9.17) is 9.47 Å². The first kappa shape index (κ1) is 17.4. The smallest absolute Gasteiger partial charge is 0.263 e. The maximum Gasteiger partial charge on any atom is 0.263 e. The second-order valence-electron chi connectivity index (χ2n) is 7.36. The van der Waals surface area contributed by atoms with E-state index >= 15 is 0 Å². The summed E-state index contributed by atoms with van der Waals surface area (Å²) in [6, 6.07) is -0.0656. The molecule has 1 aromatic rings. The Kier molecular flexibility index (Phi) is 5.65. The molecule has 3 fully saturated rings. The number of thiazole rings is 1. The van der Waals surface area contributed by atoms with Gasteiger partial charge >= 0.3 is 0 Å². The van der Waals surface area contributed by atoms with Gasteiger partial charge in [-0.1, -0.05) is 0 Å². The van der Waals surface area contributed by atoms with Gasteiger partial charge in [-0.05, 0) is 51.1 Å². The molecule has 1 N–H and O–H groups in total. The Bertz CT molecular complexity index is 584. The first-order valence-electron chi connectivity index (χ1n) is 9.45. The lowest BCUT2D eigenvalue weighted by Crippen LogP contribution is -2.50. The number of carbonyl (C=O) groups is 1. The molecule has 138 valence electrons. The van der Waals surface area contributed by atoms with Crippen LogP contribution >= 0.6 is 11.3 Å². The number of likely N-dealkylation sites (tertiary alicyclic amines) is 1. The van der Waals surface area contributed by atoms with Crippen molar-refractivity contribution in [1.29, 1.82) is 0 Å². The van der Waals surface area contributed by atoms with Gasteiger partial charge in [0, 0.05) is 13.2 Å². The van der Waals surface area contributed by atoms with Crippen LogP contribution in [-0.4, -0.2) is 60.8 Å². The molecule has 1 saturated carbocycles. The summed E-state index contributed by atoms with van der Waals surface area (Å²) in [4.78, 5) is 20.1. The maximum atomic E-state index is 12.6. The monoisotopic (exact) mass is 365 g/mol. The zero-order chi connectivity index (χ0) is 17.1. The van der Waals surface area contributed by atoms with Crippen LogP contribution in [-0.2, 0) is 16.0 Å². The summed E-state index contributed by atoms with van der Waals surface area (Å²) in [7, 11) is 0. The van der Waals surface area contributed by atoms with Crippen molar-refractivity contribution in [2.45, 2.75) is 50.8 Å². The molecule has 3 heterocycles. The fourth-order valence-corrected chi connectivity index (χ4v) is 4.32. The van der Waals surface area contributed by atoms with Gasteiger partial charge in [0.25, 0.3) is 5.91 Å². The maximum absolute atomic E-state index is 12.6. The molecule has 0 aromatic carbocycles. The highest BCUT2D eigenvalue weighted by Gasteiger charge is 2.31. The van der Waals surface area contributed by atoms with Crippen LogP contribution in [0, 0.1) is 5.92 Å². The number of rotatable bonds is 7. The predicted octanol–water partition coefficient (Wildman–Crippen LogP) is 2.05. The summed E-state index contributed by atoms with van der Waals surface area (Å²) in [5.74, 6) is 0.675. The molecular formula is C18H27N3O3S. The van der Waals surface area contributed by atoms with E-state index in [0.717, 1.165) is 43.6 Å². The third-order valence-corrected chi connectivity index (χ3v) is 6.17. The van der Waals surface area contributed by atoms with Gasteiger partial charge in [-0.2, -0.15) is 0 Å². The van der Waals surface area contributed by atoms with Gasteiger partial charge < -0.3 is 14.8 Å². The Labute approximate surface area is 152 Å². The van der Waals surface area contributed by atoms with Crippen molar-refractivity contribution in [2.24, 2.45) is 5.92 Å².